The van der Waals surface area contributed by atoms with Crippen molar-refractivity contribution in [3.63, 3.8) is 0 Å². The largest absolute Gasteiger partial charge is 0.391 e. The second kappa shape index (κ2) is 7.64. The molecule has 0 heterocycles. The van der Waals surface area contributed by atoms with Crippen molar-refractivity contribution in [1.29, 1.82) is 0 Å². The second-order valence-corrected chi connectivity index (χ2v) is 6.83. The van der Waals surface area contributed by atoms with Crippen LogP contribution in [0.15, 0.2) is 24.3 Å². The normalized spacial score (nSPS) is 22.8. The number of hydrogen-bond acceptors (Lipinski definition) is 1. The number of nitrogens with zero attached hydrogens (tertiary/aromatic N) is 1. The maximum Gasteiger partial charge on any atom is 0.391 e. The second-order valence-electron chi connectivity index (χ2n) is 6.39. The van der Waals surface area contributed by atoms with Gasteiger partial charge in [0.1, 0.15) is 0 Å². The van der Waals surface area contributed by atoms with Crippen LogP contribution in [0.5, 0.6) is 0 Å². The molecular formula is C17H22ClF3N2O. The number of halogens is 4. The summed E-state index contributed by atoms with van der Waals surface area (Å²) in [6.45, 7) is 1.85. The third-order valence-electron chi connectivity index (χ3n) is 4.70. The lowest BCUT2D eigenvalue weighted by molar-refractivity contribution is -0.183. The molecule has 2 rings (SSSR count). The van der Waals surface area contributed by atoms with Crippen molar-refractivity contribution in [2.45, 2.75) is 50.9 Å². The Balaban J connectivity index is 1.96. The molecule has 3 atom stereocenters. The van der Waals surface area contributed by atoms with E-state index in [4.69, 9.17) is 11.6 Å². The summed E-state index contributed by atoms with van der Waals surface area (Å²) in [5.41, 5.74) is 0.872. The van der Waals surface area contributed by atoms with Gasteiger partial charge < -0.3 is 10.2 Å². The minimum absolute atomic E-state index is 0.0470. The Labute approximate surface area is 145 Å². The zero-order chi connectivity index (χ0) is 17.9. The van der Waals surface area contributed by atoms with Gasteiger partial charge in [0.15, 0.2) is 0 Å². The van der Waals surface area contributed by atoms with Gasteiger partial charge in [-0.2, -0.15) is 13.2 Å². The van der Waals surface area contributed by atoms with E-state index in [1.54, 1.807) is 25.2 Å². The monoisotopic (exact) mass is 362 g/mol. The number of carbonyl (C=O) groups excluding carboxylic acids is 1. The van der Waals surface area contributed by atoms with Gasteiger partial charge in [0.2, 0.25) is 0 Å². The first-order chi connectivity index (χ1) is 11.2. The van der Waals surface area contributed by atoms with Crippen molar-refractivity contribution in [2.75, 3.05) is 7.05 Å². The van der Waals surface area contributed by atoms with Gasteiger partial charge in [0.25, 0.3) is 0 Å². The average Bonchev–Trinajstić information content (AvgIpc) is 2.53. The van der Waals surface area contributed by atoms with Gasteiger partial charge in [0.05, 0.1) is 12.0 Å². The topological polar surface area (TPSA) is 32.3 Å². The maximum atomic E-state index is 12.9. The first-order valence-electron chi connectivity index (χ1n) is 8.04. The van der Waals surface area contributed by atoms with Gasteiger partial charge in [-0.25, -0.2) is 4.79 Å². The molecule has 0 aliphatic heterocycles. The number of carbonyl (C=O) groups is 1. The molecule has 1 aliphatic rings. The van der Waals surface area contributed by atoms with Gasteiger partial charge in [-0.15, -0.1) is 0 Å². The lowest BCUT2D eigenvalue weighted by atomic mass is 9.85. The predicted octanol–water partition coefficient (Wildman–Crippen LogP) is 5.16. The van der Waals surface area contributed by atoms with Gasteiger partial charge in [-0.1, -0.05) is 30.2 Å². The zero-order valence-electron chi connectivity index (χ0n) is 13.7. The Kier molecular flexibility index (Phi) is 6.01. The van der Waals surface area contributed by atoms with E-state index in [9.17, 15) is 18.0 Å². The highest BCUT2D eigenvalue weighted by Crippen LogP contribution is 2.37. The molecule has 0 bridgehead atoms. The number of urea groups is 1. The van der Waals surface area contributed by atoms with Crippen molar-refractivity contribution in [2.24, 2.45) is 5.92 Å². The quantitative estimate of drug-likeness (QED) is 0.791. The van der Waals surface area contributed by atoms with Gasteiger partial charge in [0, 0.05) is 18.1 Å². The Morgan fingerprint density at radius 2 is 2.08 bits per heavy atom. The summed E-state index contributed by atoms with van der Waals surface area (Å²) in [6, 6.07) is 6.15. The molecule has 1 aliphatic carbocycles. The highest BCUT2D eigenvalue weighted by Gasteiger charge is 2.42. The fraction of sp³-hybridized carbons (Fsp3) is 0.588. The van der Waals surface area contributed by atoms with Gasteiger partial charge in [-0.05, 0) is 43.9 Å². The highest BCUT2D eigenvalue weighted by molar-refractivity contribution is 6.30. The zero-order valence-corrected chi connectivity index (χ0v) is 14.5. The van der Waals surface area contributed by atoms with Crippen LogP contribution in [-0.2, 0) is 0 Å². The molecule has 24 heavy (non-hydrogen) atoms. The summed E-state index contributed by atoms with van der Waals surface area (Å²) >= 11 is 5.96. The molecule has 7 heteroatoms. The van der Waals surface area contributed by atoms with Crippen LogP contribution in [0.1, 0.15) is 44.2 Å². The molecule has 3 unspecified atom stereocenters. The van der Waals surface area contributed by atoms with E-state index in [0.717, 1.165) is 5.56 Å². The summed E-state index contributed by atoms with van der Waals surface area (Å²) in [5, 5.41) is 3.32. The van der Waals surface area contributed by atoms with Crippen molar-refractivity contribution in [3.8, 4) is 0 Å². The standard InChI is InChI=1S/C17H22ClF3N2O/c1-11(12-5-3-7-14(18)9-12)23(2)16(24)22-15-8-4-6-13(10-15)17(19,20)21/h3,5,7,9,11,13,15H,4,6,8,10H2,1-2H3,(H,22,24). The summed E-state index contributed by atoms with van der Waals surface area (Å²) in [7, 11) is 1.63. The third kappa shape index (κ3) is 4.79. The molecule has 3 nitrogen and oxygen atoms in total. The molecule has 1 N–H and O–H groups in total. The fourth-order valence-corrected chi connectivity index (χ4v) is 3.26. The van der Waals surface area contributed by atoms with E-state index >= 15 is 0 Å². The number of alkyl halides is 3. The highest BCUT2D eigenvalue weighted by atomic mass is 35.5. The molecule has 134 valence electrons. The Hall–Kier alpha value is -1.43. The molecule has 2 amide bonds. The molecule has 0 saturated heterocycles. The van der Waals surface area contributed by atoms with Gasteiger partial charge in [-0.3, -0.25) is 0 Å². The maximum absolute atomic E-state index is 12.9. The molecule has 1 saturated carbocycles. The van der Waals surface area contributed by atoms with E-state index in [-0.39, 0.29) is 24.9 Å². The average molecular weight is 363 g/mol. The number of rotatable bonds is 3. The minimum Gasteiger partial charge on any atom is -0.335 e. The van der Waals surface area contributed by atoms with Crippen LogP contribution in [0.3, 0.4) is 0 Å². The Morgan fingerprint density at radius 3 is 2.71 bits per heavy atom. The molecule has 0 radical (unpaired) electrons. The van der Waals surface area contributed by atoms with Crippen LogP contribution in [-0.4, -0.2) is 30.2 Å². The Bertz CT molecular complexity index is 579. The van der Waals surface area contributed by atoms with Crippen LogP contribution in [0.4, 0.5) is 18.0 Å². The molecule has 1 aromatic carbocycles. The van der Waals surface area contributed by atoms with Crippen molar-refractivity contribution in [3.05, 3.63) is 34.9 Å². The molecule has 0 aromatic heterocycles. The summed E-state index contributed by atoms with van der Waals surface area (Å²) in [4.78, 5) is 13.9. The van der Waals surface area contributed by atoms with E-state index in [0.29, 0.717) is 17.9 Å². The summed E-state index contributed by atoms with van der Waals surface area (Å²) in [6.07, 6.45) is -3.04. The molecule has 0 spiro atoms. The van der Waals surface area contributed by atoms with Crippen molar-refractivity contribution >= 4 is 17.6 Å². The van der Waals surface area contributed by atoms with Crippen LogP contribution in [0.25, 0.3) is 0 Å². The SMILES string of the molecule is CC(c1cccc(Cl)c1)N(C)C(=O)NC1CCCC(C(F)(F)F)C1. The Morgan fingerprint density at radius 1 is 1.38 bits per heavy atom. The fourth-order valence-electron chi connectivity index (χ4n) is 3.06. The summed E-state index contributed by atoms with van der Waals surface area (Å²) < 4.78 is 38.6. The van der Waals surface area contributed by atoms with E-state index in [1.807, 2.05) is 13.0 Å². The number of amides is 2. The first-order valence-corrected chi connectivity index (χ1v) is 8.41. The third-order valence-corrected chi connectivity index (χ3v) is 4.93. The van der Waals surface area contributed by atoms with E-state index in [2.05, 4.69) is 5.32 Å². The number of benzene rings is 1. The van der Waals surface area contributed by atoms with Crippen molar-refractivity contribution in [1.82, 2.24) is 10.2 Å². The van der Waals surface area contributed by atoms with Crippen LogP contribution in [0.2, 0.25) is 5.02 Å². The minimum atomic E-state index is -4.19. The molecule has 1 aromatic rings. The lowest BCUT2D eigenvalue weighted by Gasteiger charge is -2.33. The van der Waals surface area contributed by atoms with Gasteiger partial charge >= 0.3 is 12.2 Å². The lowest BCUT2D eigenvalue weighted by Crippen LogP contribution is -2.47. The first kappa shape index (κ1) is 18.9. The molecule has 1 fully saturated rings. The van der Waals surface area contributed by atoms with Crippen molar-refractivity contribution < 1.29 is 18.0 Å². The number of nitrogens with one attached hydrogen (secondary N) is 1. The molecular weight excluding hydrogens is 341 g/mol. The predicted molar refractivity (Wildman–Crippen MR) is 88.0 cm³/mol. The van der Waals surface area contributed by atoms with E-state index < -0.39 is 18.1 Å². The van der Waals surface area contributed by atoms with Crippen LogP contribution < -0.4 is 5.32 Å². The van der Waals surface area contributed by atoms with Crippen LogP contribution >= 0.6 is 11.6 Å². The summed E-state index contributed by atoms with van der Waals surface area (Å²) in [5.74, 6) is -1.33. The smallest absolute Gasteiger partial charge is 0.335 e. The van der Waals surface area contributed by atoms with Crippen LogP contribution in [0, 0.1) is 5.92 Å². The van der Waals surface area contributed by atoms with E-state index in [1.165, 1.54) is 4.90 Å². The number of hydrogen-bond donors (Lipinski definition) is 1.